The monoisotopic (exact) mass is 379 g/mol. The van der Waals surface area contributed by atoms with E-state index in [1.165, 1.54) is 36.9 Å². The molecule has 0 spiro atoms. The van der Waals surface area contributed by atoms with Crippen molar-refractivity contribution >= 4 is 17.8 Å². The number of benzene rings is 1. The molecule has 2 unspecified atom stereocenters. The second-order valence-corrected chi connectivity index (χ2v) is 5.58. The molecule has 1 heterocycles. The molecule has 2 aromatic rings. The maximum absolute atomic E-state index is 12.2. The number of nitrogens with one attached hydrogen (secondary N) is 2. The number of nitrogens with zero attached hydrogens (tertiary/aromatic N) is 2. The smallest absolute Gasteiger partial charge is 0.268 e. The Morgan fingerprint density at radius 2 is 1.64 bits per heavy atom. The topological polar surface area (TPSA) is 150 Å². The van der Waals surface area contributed by atoms with Crippen molar-refractivity contribution in [2.45, 2.75) is 19.1 Å². The zero-order chi connectivity index (χ0) is 20.5. The molecule has 0 saturated carbocycles. The Labute approximate surface area is 161 Å². The Bertz CT molecular complexity index is 964. The molecule has 142 valence electrons. The number of aromatic nitrogens is 2. The average Bonchev–Trinajstić information content (AvgIpc) is 2.70. The lowest BCUT2D eigenvalue weighted by molar-refractivity contribution is -0.133. The second kappa shape index (κ2) is 9.69. The highest BCUT2D eigenvalue weighted by Crippen LogP contribution is 2.05. The Morgan fingerprint density at radius 3 is 2.18 bits per heavy atom. The van der Waals surface area contributed by atoms with E-state index in [0.29, 0.717) is 11.1 Å². The SMILES string of the molecule is CC(O)C(NC(=O)c1ccc(C#CC#Cc2cnc(N)nc2)cc1)C(=O)NO. The normalized spacial score (nSPS) is 11.7. The highest BCUT2D eigenvalue weighted by Gasteiger charge is 2.25. The number of amides is 2. The van der Waals surface area contributed by atoms with E-state index in [2.05, 4.69) is 39.0 Å². The summed E-state index contributed by atoms with van der Waals surface area (Å²) in [4.78, 5) is 31.3. The fraction of sp³-hybridized carbons (Fsp3) is 0.158. The van der Waals surface area contributed by atoms with Crippen LogP contribution in [0.25, 0.3) is 0 Å². The van der Waals surface area contributed by atoms with Crippen molar-refractivity contribution < 1.29 is 19.9 Å². The maximum Gasteiger partial charge on any atom is 0.268 e. The van der Waals surface area contributed by atoms with Crippen molar-refractivity contribution in [1.29, 1.82) is 0 Å². The number of hydrogen-bond acceptors (Lipinski definition) is 7. The molecule has 2 atom stereocenters. The van der Waals surface area contributed by atoms with Gasteiger partial charge in [0.05, 0.1) is 11.7 Å². The van der Waals surface area contributed by atoms with Gasteiger partial charge in [-0.05, 0) is 49.0 Å². The van der Waals surface area contributed by atoms with Crippen LogP contribution in [0, 0.1) is 23.7 Å². The summed E-state index contributed by atoms with van der Waals surface area (Å²) in [5, 5.41) is 20.5. The molecule has 28 heavy (non-hydrogen) atoms. The van der Waals surface area contributed by atoms with E-state index in [4.69, 9.17) is 10.9 Å². The molecule has 6 N–H and O–H groups in total. The maximum atomic E-state index is 12.2. The molecule has 0 aliphatic carbocycles. The summed E-state index contributed by atoms with van der Waals surface area (Å²) in [5.41, 5.74) is 8.24. The molecule has 0 radical (unpaired) electrons. The first-order valence-electron chi connectivity index (χ1n) is 8.03. The summed E-state index contributed by atoms with van der Waals surface area (Å²) in [7, 11) is 0. The van der Waals surface area contributed by atoms with Crippen molar-refractivity contribution in [2.75, 3.05) is 5.73 Å². The van der Waals surface area contributed by atoms with E-state index >= 15 is 0 Å². The van der Waals surface area contributed by atoms with Crippen LogP contribution in [-0.2, 0) is 4.79 Å². The van der Waals surface area contributed by atoms with Gasteiger partial charge in [-0.3, -0.25) is 14.8 Å². The lowest BCUT2D eigenvalue weighted by Gasteiger charge is -2.19. The molecular weight excluding hydrogens is 362 g/mol. The van der Waals surface area contributed by atoms with E-state index in [1.807, 2.05) is 0 Å². The Kier molecular flexibility index (Phi) is 7.06. The van der Waals surface area contributed by atoms with Crippen molar-refractivity contribution in [3.63, 3.8) is 0 Å². The van der Waals surface area contributed by atoms with Crippen LogP contribution in [0.2, 0.25) is 0 Å². The van der Waals surface area contributed by atoms with Crippen LogP contribution >= 0.6 is 0 Å². The molecule has 2 rings (SSSR count). The number of anilines is 1. The largest absolute Gasteiger partial charge is 0.391 e. The number of aliphatic hydroxyl groups excluding tert-OH is 1. The van der Waals surface area contributed by atoms with Crippen LogP contribution in [0.5, 0.6) is 0 Å². The first kappa shape index (κ1) is 20.4. The third-order valence-corrected chi connectivity index (χ3v) is 3.46. The van der Waals surface area contributed by atoms with E-state index < -0.39 is 24.0 Å². The van der Waals surface area contributed by atoms with Gasteiger partial charge in [0, 0.05) is 23.5 Å². The molecule has 2 amide bonds. The molecule has 9 heteroatoms. The molecule has 0 saturated heterocycles. The van der Waals surface area contributed by atoms with Crippen molar-refractivity contribution in [1.82, 2.24) is 20.8 Å². The van der Waals surface area contributed by atoms with Crippen molar-refractivity contribution in [2.24, 2.45) is 0 Å². The number of rotatable bonds is 4. The van der Waals surface area contributed by atoms with Crippen molar-refractivity contribution in [3.05, 3.63) is 53.3 Å². The Hall–Kier alpha value is -3.92. The third kappa shape index (κ3) is 5.81. The highest BCUT2D eigenvalue weighted by atomic mass is 16.5. The van der Waals surface area contributed by atoms with Gasteiger partial charge in [-0.1, -0.05) is 5.92 Å². The van der Waals surface area contributed by atoms with Gasteiger partial charge in [0.15, 0.2) is 0 Å². The number of hydrogen-bond donors (Lipinski definition) is 5. The van der Waals surface area contributed by atoms with Crippen LogP contribution in [0.3, 0.4) is 0 Å². The van der Waals surface area contributed by atoms with Crippen molar-refractivity contribution in [3.8, 4) is 23.7 Å². The van der Waals surface area contributed by atoms with Crippen LogP contribution in [-0.4, -0.2) is 44.2 Å². The van der Waals surface area contributed by atoms with Gasteiger partial charge >= 0.3 is 0 Å². The summed E-state index contributed by atoms with van der Waals surface area (Å²) >= 11 is 0. The molecule has 1 aromatic heterocycles. The first-order valence-corrected chi connectivity index (χ1v) is 8.03. The van der Waals surface area contributed by atoms with E-state index in [-0.39, 0.29) is 11.5 Å². The second-order valence-electron chi connectivity index (χ2n) is 5.58. The number of carbonyl (C=O) groups is 2. The lowest BCUT2D eigenvalue weighted by Crippen LogP contribution is -2.51. The van der Waals surface area contributed by atoms with Gasteiger partial charge < -0.3 is 16.2 Å². The summed E-state index contributed by atoms with van der Waals surface area (Å²) in [6, 6.07) is 4.95. The summed E-state index contributed by atoms with van der Waals surface area (Å²) in [6.07, 6.45) is 1.79. The first-order chi connectivity index (χ1) is 13.4. The summed E-state index contributed by atoms with van der Waals surface area (Å²) in [5.74, 6) is 9.58. The minimum absolute atomic E-state index is 0.164. The fourth-order valence-corrected chi connectivity index (χ4v) is 2.01. The molecule has 0 aliphatic rings. The van der Waals surface area contributed by atoms with Crippen LogP contribution in [0.1, 0.15) is 28.4 Å². The zero-order valence-electron chi connectivity index (χ0n) is 14.8. The van der Waals surface area contributed by atoms with Gasteiger partial charge in [-0.2, -0.15) is 0 Å². The van der Waals surface area contributed by atoms with Gasteiger partial charge in [0.2, 0.25) is 5.95 Å². The fourth-order valence-electron chi connectivity index (χ4n) is 2.01. The minimum Gasteiger partial charge on any atom is -0.391 e. The Balaban J connectivity index is 2.03. The van der Waals surface area contributed by atoms with E-state index in [9.17, 15) is 14.7 Å². The van der Waals surface area contributed by atoms with Gasteiger partial charge in [-0.15, -0.1) is 0 Å². The Morgan fingerprint density at radius 1 is 1.07 bits per heavy atom. The predicted molar refractivity (Wildman–Crippen MR) is 99.5 cm³/mol. The molecule has 1 aromatic carbocycles. The van der Waals surface area contributed by atoms with Gasteiger partial charge in [-0.25, -0.2) is 15.4 Å². The number of carbonyl (C=O) groups excluding carboxylic acids is 2. The summed E-state index contributed by atoms with van der Waals surface area (Å²) < 4.78 is 0. The molecule has 0 fully saturated rings. The standard InChI is InChI=1S/C19H17N5O4/c1-12(25)16(18(27)24-28)23-17(26)15-8-6-13(7-9-15)4-2-3-5-14-10-21-19(20)22-11-14/h6-12,16,25,28H,1H3,(H,23,26)(H,24,27)(H2,20,21,22). The highest BCUT2D eigenvalue weighted by molar-refractivity contribution is 5.97. The minimum atomic E-state index is -1.29. The number of hydroxylamine groups is 1. The number of nitrogens with two attached hydrogens (primary N) is 1. The van der Waals surface area contributed by atoms with Crippen LogP contribution in [0.15, 0.2) is 36.7 Å². The molecule has 0 bridgehead atoms. The summed E-state index contributed by atoms with van der Waals surface area (Å²) in [6.45, 7) is 1.32. The zero-order valence-corrected chi connectivity index (χ0v) is 14.8. The lowest BCUT2D eigenvalue weighted by atomic mass is 10.1. The van der Waals surface area contributed by atoms with E-state index in [1.54, 1.807) is 12.1 Å². The average molecular weight is 379 g/mol. The van der Waals surface area contributed by atoms with Gasteiger partial charge in [0.25, 0.3) is 11.8 Å². The predicted octanol–water partition coefficient (Wildman–Crippen LogP) is -0.553. The van der Waals surface area contributed by atoms with E-state index in [0.717, 1.165) is 0 Å². The quantitative estimate of drug-likeness (QED) is 0.272. The number of aliphatic hydroxyl groups is 1. The number of nitrogen functional groups attached to an aromatic ring is 1. The third-order valence-electron chi connectivity index (χ3n) is 3.46. The molecule has 9 nitrogen and oxygen atoms in total. The molecular formula is C19H17N5O4. The molecule has 0 aliphatic heterocycles. The van der Waals surface area contributed by atoms with Crippen LogP contribution in [0.4, 0.5) is 5.95 Å². The van der Waals surface area contributed by atoms with Gasteiger partial charge in [0.1, 0.15) is 6.04 Å². The van der Waals surface area contributed by atoms with Crippen LogP contribution < -0.4 is 16.5 Å².